The number of nitrogens with zero attached hydrogens (tertiary/aromatic N) is 2. The van der Waals surface area contributed by atoms with Crippen LogP contribution in [0.2, 0.25) is 0 Å². The minimum absolute atomic E-state index is 0.443. The fourth-order valence-electron chi connectivity index (χ4n) is 1.98. The maximum atomic E-state index is 12.5. The van der Waals surface area contributed by atoms with E-state index in [0.29, 0.717) is 24.0 Å². The number of hydrogen-bond acceptors (Lipinski definition) is 3. The molecule has 1 aliphatic rings. The molecule has 1 aromatic carbocycles. The molecular weight excluding hydrogens is 279 g/mol. The van der Waals surface area contributed by atoms with E-state index in [1.165, 1.54) is 25.0 Å². The van der Waals surface area contributed by atoms with Gasteiger partial charge < -0.3 is 5.32 Å². The summed E-state index contributed by atoms with van der Waals surface area (Å²) in [6.07, 6.45) is -0.312. The maximum absolute atomic E-state index is 12.5. The number of hydrogen-bond donors (Lipinski definition) is 1. The number of alkyl halides is 3. The molecule has 1 saturated carbocycles. The summed E-state index contributed by atoms with van der Waals surface area (Å²) in [7, 11) is 0. The van der Waals surface area contributed by atoms with Gasteiger partial charge in [0.25, 0.3) is 0 Å². The van der Waals surface area contributed by atoms with Crippen LogP contribution in [-0.4, -0.2) is 16.0 Å². The molecule has 1 aliphatic carbocycles. The highest BCUT2D eigenvalue weighted by molar-refractivity contribution is 5.55. The minimum Gasteiger partial charge on any atom is -0.308 e. The number of rotatable bonds is 4. The van der Waals surface area contributed by atoms with Crippen molar-refractivity contribution < 1.29 is 13.2 Å². The molecule has 0 atom stereocenters. The van der Waals surface area contributed by atoms with Gasteiger partial charge in [0, 0.05) is 24.3 Å². The molecule has 3 rings (SSSR count). The predicted molar refractivity (Wildman–Crippen MR) is 72.3 cm³/mol. The van der Waals surface area contributed by atoms with E-state index in [1.807, 2.05) is 6.07 Å². The largest absolute Gasteiger partial charge is 0.416 e. The quantitative estimate of drug-likeness (QED) is 0.938. The fourth-order valence-corrected chi connectivity index (χ4v) is 1.98. The Morgan fingerprint density at radius 1 is 1.10 bits per heavy atom. The lowest BCUT2D eigenvalue weighted by Gasteiger charge is -2.08. The summed E-state index contributed by atoms with van der Waals surface area (Å²) >= 11 is 0. The highest BCUT2D eigenvalue weighted by Gasteiger charge is 2.30. The third kappa shape index (κ3) is 3.58. The fraction of sp³-hybridized carbons (Fsp3) is 0.333. The number of nitrogens with one attached hydrogen (secondary N) is 1. The van der Waals surface area contributed by atoms with Gasteiger partial charge in [0.2, 0.25) is 0 Å². The normalized spacial score (nSPS) is 15.2. The first kappa shape index (κ1) is 14.0. The van der Waals surface area contributed by atoms with E-state index < -0.39 is 11.7 Å². The molecule has 1 aromatic heterocycles. The zero-order chi connectivity index (χ0) is 14.9. The minimum atomic E-state index is -4.32. The van der Waals surface area contributed by atoms with Crippen molar-refractivity contribution in [2.24, 2.45) is 0 Å². The lowest BCUT2D eigenvalue weighted by atomic mass is 10.1. The first-order chi connectivity index (χ1) is 10.0. The monoisotopic (exact) mass is 293 g/mol. The summed E-state index contributed by atoms with van der Waals surface area (Å²) < 4.78 is 37.6. The average Bonchev–Trinajstić information content (AvgIpc) is 3.29. The summed E-state index contributed by atoms with van der Waals surface area (Å²) in [4.78, 5) is 8.50. The van der Waals surface area contributed by atoms with E-state index in [2.05, 4.69) is 15.3 Å². The van der Waals surface area contributed by atoms with Crippen molar-refractivity contribution in [3.05, 3.63) is 47.8 Å². The molecule has 0 aliphatic heterocycles. The van der Waals surface area contributed by atoms with E-state index in [4.69, 9.17) is 0 Å². The summed E-state index contributed by atoms with van der Waals surface area (Å²) in [5.74, 6) is 0.443. The predicted octanol–water partition coefficient (Wildman–Crippen LogP) is 3.41. The van der Waals surface area contributed by atoms with Crippen LogP contribution in [-0.2, 0) is 12.7 Å². The number of benzene rings is 1. The van der Waals surface area contributed by atoms with Gasteiger partial charge >= 0.3 is 6.18 Å². The molecule has 0 unspecified atom stereocenters. The molecule has 0 saturated heterocycles. The number of aromatic nitrogens is 2. The van der Waals surface area contributed by atoms with Gasteiger partial charge in [-0.15, -0.1) is 0 Å². The molecule has 0 radical (unpaired) electrons. The van der Waals surface area contributed by atoms with Crippen LogP contribution in [0.25, 0.3) is 11.4 Å². The Bertz CT molecular complexity index is 619. The molecule has 1 heterocycles. The van der Waals surface area contributed by atoms with Gasteiger partial charge in [-0.05, 0) is 31.0 Å². The summed E-state index contributed by atoms with van der Waals surface area (Å²) in [6.45, 7) is 0.654. The lowest BCUT2D eigenvalue weighted by Crippen LogP contribution is -2.16. The standard InChI is InChI=1S/C15H14F3N3/c16-15(17,18)11-3-1-10(2-4-11)14-19-8-7-13(21-14)9-20-12-5-6-12/h1-4,7-8,12,20H,5-6,9H2. The van der Waals surface area contributed by atoms with E-state index in [9.17, 15) is 13.2 Å². The first-order valence-corrected chi connectivity index (χ1v) is 6.75. The van der Waals surface area contributed by atoms with Crippen LogP contribution >= 0.6 is 0 Å². The Morgan fingerprint density at radius 3 is 2.43 bits per heavy atom. The van der Waals surface area contributed by atoms with Crippen LogP contribution in [0.1, 0.15) is 24.1 Å². The highest BCUT2D eigenvalue weighted by Crippen LogP contribution is 2.30. The Balaban J connectivity index is 1.77. The van der Waals surface area contributed by atoms with Gasteiger partial charge in [0.05, 0.1) is 11.3 Å². The molecule has 6 heteroatoms. The SMILES string of the molecule is FC(F)(F)c1ccc(-c2nccc(CNC3CC3)n2)cc1. The zero-order valence-electron chi connectivity index (χ0n) is 11.2. The number of halogens is 3. The summed E-state index contributed by atoms with van der Waals surface area (Å²) in [5.41, 5.74) is 0.751. The van der Waals surface area contributed by atoms with Crippen molar-refractivity contribution in [1.29, 1.82) is 0 Å². The lowest BCUT2D eigenvalue weighted by molar-refractivity contribution is -0.137. The van der Waals surface area contributed by atoms with Crippen LogP contribution in [0, 0.1) is 0 Å². The molecule has 0 spiro atoms. The molecule has 0 bridgehead atoms. The Labute approximate surface area is 120 Å². The van der Waals surface area contributed by atoms with Gasteiger partial charge in [-0.25, -0.2) is 9.97 Å². The van der Waals surface area contributed by atoms with Gasteiger partial charge in [-0.1, -0.05) is 12.1 Å². The smallest absolute Gasteiger partial charge is 0.308 e. The van der Waals surface area contributed by atoms with Crippen molar-refractivity contribution in [2.45, 2.75) is 31.6 Å². The van der Waals surface area contributed by atoms with Gasteiger partial charge in [-0.3, -0.25) is 0 Å². The molecular formula is C15H14F3N3. The van der Waals surface area contributed by atoms with Crippen LogP contribution in [0.15, 0.2) is 36.5 Å². The van der Waals surface area contributed by atoms with Crippen molar-refractivity contribution >= 4 is 0 Å². The Kier molecular flexibility index (Phi) is 3.63. The molecule has 2 aromatic rings. The van der Waals surface area contributed by atoms with Gasteiger partial charge in [0.15, 0.2) is 5.82 Å². The second kappa shape index (κ2) is 5.44. The van der Waals surface area contributed by atoms with Gasteiger partial charge in [0.1, 0.15) is 0 Å². The van der Waals surface area contributed by atoms with Gasteiger partial charge in [-0.2, -0.15) is 13.2 Å². The van der Waals surface area contributed by atoms with E-state index >= 15 is 0 Å². The zero-order valence-corrected chi connectivity index (χ0v) is 11.2. The summed E-state index contributed by atoms with van der Waals surface area (Å²) in [5, 5.41) is 3.34. The molecule has 1 N–H and O–H groups in total. The second-order valence-corrected chi connectivity index (χ2v) is 5.10. The van der Waals surface area contributed by atoms with Crippen molar-refractivity contribution in [1.82, 2.24) is 15.3 Å². The maximum Gasteiger partial charge on any atom is 0.416 e. The van der Waals surface area contributed by atoms with Crippen LogP contribution in [0.3, 0.4) is 0 Å². The van der Waals surface area contributed by atoms with Crippen LogP contribution in [0.4, 0.5) is 13.2 Å². The van der Waals surface area contributed by atoms with Crippen LogP contribution < -0.4 is 5.32 Å². The highest BCUT2D eigenvalue weighted by atomic mass is 19.4. The molecule has 0 amide bonds. The second-order valence-electron chi connectivity index (χ2n) is 5.10. The van der Waals surface area contributed by atoms with E-state index in [-0.39, 0.29) is 0 Å². The molecule has 110 valence electrons. The van der Waals surface area contributed by atoms with E-state index in [1.54, 1.807) is 6.20 Å². The van der Waals surface area contributed by atoms with Crippen LogP contribution in [0.5, 0.6) is 0 Å². The third-order valence-electron chi connectivity index (χ3n) is 3.33. The summed E-state index contributed by atoms with van der Waals surface area (Å²) in [6, 6.07) is 7.28. The van der Waals surface area contributed by atoms with Crippen molar-refractivity contribution in [3.63, 3.8) is 0 Å². The Morgan fingerprint density at radius 2 is 1.81 bits per heavy atom. The molecule has 21 heavy (non-hydrogen) atoms. The first-order valence-electron chi connectivity index (χ1n) is 6.75. The van der Waals surface area contributed by atoms with E-state index in [0.717, 1.165) is 17.8 Å². The molecule has 1 fully saturated rings. The van der Waals surface area contributed by atoms with Crippen molar-refractivity contribution in [3.8, 4) is 11.4 Å². The Hall–Kier alpha value is -1.95. The van der Waals surface area contributed by atoms with Crippen molar-refractivity contribution in [2.75, 3.05) is 0 Å². The molecule has 3 nitrogen and oxygen atoms in total. The topological polar surface area (TPSA) is 37.8 Å². The average molecular weight is 293 g/mol. The third-order valence-corrected chi connectivity index (χ3v) is 3.33.